The number of carbonyl (C=O) groups is 1. The largest absolute Gasteiger partial charge is 0.339 e. The number of piperazine rings is 1. The third-order valence-corrected chi connectivity index (χ3v) is 4.99. The Morgan fingerprint density at radius 1 is 1.39 bits per heavy atom. The SMILES string of the molecule is CC(C)[C@H](C#N)N1CCN(C(=O)CN(C)Cc2ccsc2)CC1. The van der Waals surface area contributed by atoms with Crippen LogP contribution in [0.2, 0.25) is 0 Å². The number of hydrogen-bond acceptors (Lipinski definition) is 5. The van der Waals surface area contributed by atoms with Crippen molar-refractivity contribution < 1.29 is 4.79 Å². The Morgan fingerprint density at radius 2 is 2.09 bits per heavy atom. The predicted molar refractivity (Wildman–Crippen MR) is 93.0 cm³/mol. The number of nitriles is 1. The molecule has 0 bridgehead atoms. The van der Waals surface area contributed by atoms with Gasteiger partial charge in [0.15, 0.2) is 0 Å². The normalized spacial score (nSPS) is 17.5. The summed E-state index contributed by atoms with van der Waals surface area (Å²) in [6.45, 7) is 8.41. The fraction of sp³-hybridized carbons (Fsp3) is 0.647. The van der Waals surface area contributed by atoms with Gasteiger partial charge in [-0.3, -0.25) is 14.6 Å². The first-order chi connectivity index (χ1) is 11.0. The Hall–Kier alpha value is -1.42. The van der Waals surface area contributed by atoms with E-state index in [4.69, 9.17) is 0 Å². The number of rotatable bonds is 6. The van der Waals surface area contributed by atoms with Crippen molar-refractivity contribution in [3.05, 3.63) is 22.4 Å². The molecule has 0 saturated carbocycles. The highest BCUT2D eigenvalue weighted by Crippen LogP contribution is 2.14. The number of carbonyl (C=O) groups excluding carboxylic acids is 1. The summed E-state index contributed by atoms with van der Waals surface area (Å²) in [4.78, 5) is 18.6. The van der Waals surface area contributed by atoms with Gasteiger partial charge in [0.1, 0.15) is 6.04 Å². The Bertz CT molecular complexity index is 529. The quantitative estimate of drug-likeness (QED) is 0.797. The van der Waals surface area contributed by atoms with Gasteiger partial charge in [-0.1, -0.05) is 13.8 Å². The molecule has 126 valence electrons. The Balaban J connectivity index is 1.78. The van der Waals surface area contributed by atoms with Crippen LogP contribution in [-0.4, -0.2) is 66.4 Å². The number of hydrogen-bond donors (Lipinski definition) is 0. The maximum absolute atomic E-state index is 12.4. The molecule has 6 heteroatoms. The summed E-state index contributed by atoms with van der Waals surface area (Å²) in [5, 5.41) is 13.5. The molecule has 1 saturated heterocycles. The first kappa shape index (κ1) is 17.9. The highest BCUT2D eigenvalue weighted by molar-refractivity contribution is 7.07. The van der Waals surface area contributed by atoms with Crippen LogP contribution in [-0.2, 0) is 11.3 Å². The summed E-state index contributed by atoms with van der Waals surface area (Å²) in [5.41, 5.74) is 1.25. The first-order valence-corrected chi connectivity index (χ1v) is 9.06. The van der Waals surface area contributed by atoms with Gasteiger partial charge in [0.05, 0.1) is 12.6 Å². The summed E-state index contributed by atoms with van der Waals surface area (Å²) < 4.78 is 0. The average Bonchev–Trinajstić information content (AvgIpc) is 3.01. The van der Waals surface area contributed by atoms with Crippen molar-refractivity contribution >= 4 is 17.2 Å². The van der Waals surface area contributed by atoms with E-state index < -0.39 is 0 Å². The molecule has 1 fully saturated rings. The van der Waals surface area contributed by atoms with Crippen LogP contribution in [0.5, 0.6) is 0 Å². The van der Waals surface area contributed by atoms with Crippen molar-refractivity contribution in [1.82, 2.24) is 14.7 Å². The van der Waals surface area contributed by atoms with Gasteiger partial charge in [0.25, 0.3) is 0 Å². The van der Waals surface area contributed by atoms with Crippen molar-refractivity contribution in [1.29, 1.82) is 5.26 Å². The molecule has 0 aliphatic carbocycles. The van der Waals surface area contributed by atoms with E-state index in [1.165, 1.54) is 5.56 Å². The molecule has 2 rings (SSSR count). The van der Waals surface area contributed by atoms with Gasteiger partial charge in [-0.2, -0.15) is 16.6 Å². The fourth-order valence-electron chi connectivity index (χ4n) is 2.98. The van der Waals surface area contributed by atoms with Crippen molar-refractivity contribution in [3.63, 3.8) is 0 Å². The van der Waals surface area contributed by atoms with Gasteiger partial charge in [0, 0.05) is 32.7 Å². The monoisotopic (exact) mass is 334 g/mol. The fourth-order valence-corrected chi connectivity index (χ4v) is 3.64. The topological polar surface area (TPSA) is 50.6 Å². The highest BCUT2D eigenvalue weighted by Gasteiger charge is 2.27. The zero-order chi connectivity index (χ0) is 16.8. The van der Waals surface area contributed by atoms with Crippen molar-refractivity contribution in [3.8, 4) is 6.07 Å². The van der Waals surface area contributed by atoms with Gasteiger partial charge in [-0.05, 0) is 35.4 Å². The van der Waals surface area contributed by atoms with E-state index in [0.29, 0.717) is 12.5 Å². The van der Waals surface area contributed by atoms with Crippen LogP contribution in [0, 0.1) is 17.2 Å². The third-order valence-electron chi connectivity index (χ3n) is 4.26. The predicted octanol–water partition coefficient (Wildman–Crippen LogP) is 1.87. The minimum absolute atomic E-state index is 0.0477. The van der Waals surface area contributed by atoms with Gasteiger partial charge in [-0.25, -0.2) is 0 Å². The third kappa shape index (κ3) is 5.03. The molecule has 1 aliphatic rings. The Kier molecular flexibility index (Phi) is 6.58. The Labute approximate surface area is 143 Å². The van der Waals surface area contributed by atoms with E-state index in [2.05, 4.69) is 46.5 Å². The summed E-state index contributed by atoms with van der Waals surface area (Å²) >= 11 is 1.68. The van der Waals surface area contributed by atoms with Crippen LogP contribution in [0.15, 0.2) is 16.8 Å². The smallest absolute Gasteiger partial charge is 0.236 e. The van der Waals surface area contributed by atoms with Gasteiger partial charge >= 0.3 is 0 Å². The molecule has 1 atom stereocenters. The maximum atomic E-state index is 12.4. The van der Waals surface area contributed by atoms with Crippen LogP contribution in [0.25, 0.3) is 0 Å². The molecule has 23 heavy (non-hydrogen) atoms. The van der Waals surface area contributed by atoms with Gasteiger partial charge < -0.3 is 4.90 Å². The summed E-state index contributed by atoms with van der Waals surface area (Å²) in [5.74, 6) is 0.499. The molecule has 1 aromatic rings. The van der Waals surface area contributed by atoms with Gasteiger partial charge in [0.2, 0.25) is 5.91 Å². The molecule has 0 spiro atoms. The molecule has 0 N–H and O–H groups in total. The number of thiophene rings is 1. The van der Waals surface area contributed by atoms with E-state index in [1.54, 1.807) is 11.3 Å². The molecule has 1 aliphatic heterocycles. The van der Waals surface area contributed by atoms with E-state index >= 15 is 0 Å². The zero-order valence-electron chi connectivity index (χ0n) is 14.2. The summed E-state index contributed by atoms with van der Waals surface area (Å²) in [6.07, 6.45) is 0. The van der Waals surface area contributed by atoms with Crippen LogP contribution in [0.3, 0.4) is 0 Å². The van der Waals surface area contributed by atoms with Gasteiger partial charge in [-0.15, -0.1) is 0 Å². The van der Waals surface area contributed by atoms with Crippen LogP contribution >= 0.6 is 11.3 Å². The van der Waals surface area contributed by atoms with E-state index in [9.17, 15) is 10.1 Å². The maximum Gasteiger partial charge on any atom is 0.236 e. The Morgan fingerprint density at radius 3 is 2.61 bits per heavy atom. The lowest BCUT2D eigenvalue weighted by molar-refractivity contribution is -0.134. The zero-order valence-corrected chi connectivity index (χ0v) is 15.1. The van der Waals surface area contributed by atoms with Crippen molar-refractivity contribution in [2.75, 3.05) is 39.8 Å². The minimum atomic E-state index is -0.0477. The number of amides is 1. The minimum Gasteiger partial charge on any atom is -0.339 e. The van der Waals surface area contributed by atoms with E-state index in [-0.39, 0.29) is 11.9 Å². The summed E-state index contributed by atoms with van der Waals surface area (Å²) in [7, 11) is 1.98. The molecule has 5 nitrogen and oxygen atoms in total. The second kappa shape index (κ2) is 8.44. The number of likely N-dealkylation sites (N-methyl/N-ethyl adjacent to an activating group) is 1. The van der Waals surface area contributed by atoms with Crippen molar-refractivity contribution in [2.24, 2.45) is 5.92 Å². The first-order valence-electron chi connectivity index (χ1n) is 8.12. The lowest BCUT2D eigenvalue weighted by Crippen LogP contribution is -2.54. The van der Waals surface area contributed by atoms with E-state index in [0.717, 1.165) is 32.7 Å². The molecule has 0 aromatic carbocycles. The van der Waals surface area contributed by atoms with Crippen LogP contribution in [0.4, 0.5) is 0 Å². The standard InChI is InChI=1S/C17H26N4OS/c1-14(2)16(10-18)20-5-7-21(8-6-20)17(22)12-19(3)11-15-4-9-23-13-15/h4,9,13-14,16H,5-8,11-12H2,1-3H3/t16-/m0/s1. The molecule has 1 amide bonds. The summed E-state index contributed by atoms with van der Waals surface area (Å²) in [6, 6.07) is 4.44. The van der Waals surface area contributed by atoms with Crippen LogP contribution < -0.4 is 0 Å². The second-order valence-corrected chi connectivity index (χ2v) is 7.32. The van der Waals surface area contributed by atoms with Crippen LogP contribution in [0.1, 0.15) is 19.4 Å². The molecular formula is C17H26N4OS. The molecule has 0 unspecified atom stereocenters. The van der Waals surface area contributed by atoms with Crippen molar-refractivity contribution in [2.45, 2.75) is 26.4 Å². The number of nitrogens with zero attached hydrogens (tertiary/aromatic N) is 4. The highest BCUT2D eigenvalue weighted by atomic mass is 32.1. The lowest BCUT2D eigenvalue weighted by Gasteiger charge is -2.38. The lowest BCUT2D eigenvalue weighted by atomic mass is 10.0. The molecular weight excluding hydrogens is 308 g/mol. The van der Waals surface area contributed by atoms with E-state index in [1.807, 2.05) is 11.9 Å². The second-order valence-electron chi connectivity index (χ2n) is 6.54. The molecule has 0 radical (unpaired) electrons. The molecule has 2 heterocycles. The average molecular weight is 334 g/mol. The molecule has 1 aromatic heterocycles.